The van der Waals surface area contributed by atoms with E-state index < -0.39 is 51.8 Å². The smallest absolute Gasteiger partial charge is 0.322 e. The van der Waals surface area contributed by atoms with Crippen LogP contribution in [0.3, 0.4) is 0 Å². The molecule has 102 valence electrons. The Kier molecular flexibility index (Phi) is 4.35. The lowest BCUT2D eigenvalue weighted by Crippen LogP contribution is -2.60. The van der Waals surface area contributed by atoms with E-state index in [1.165, 1.54) is 0 Å². The second-order valence-electron chi connectivity index (χ2n) is 4.01. The first kappa shape index (κ1) is 15.3. The Labute approximate surface area is 116 Å². The van der Waals surface area contributed by atoms with Crippen LogP contribution >= 0.6 is 34.8 Å². The molecule has 0 aromatic carbocycles. The fourth-order valence-corrected chi connectivity index (χ4v) is 3.29. The van der Waals surface area contributed by atoms with Gasteiger partial charge in [-0.05, 0) is 6.42 Å². The first-order chi connectivity index (χ1) is 8.16. The van der Waals surface area contributed by atoms with Crippen LogP contribution in [-0.4, -0.2) is 49.4 Å². The number of alkyl halides is 3. The van der Waals surface area contributed by atoms with Crippen molar-refractivity contribution in [3.8, 4) is 0 Å². The highest BCUT2D eigenvalue weighted by atomic mass is 35.5. The third-order valence-electron chi connectivity index (χ3n) is 3.05. The zero-order valence-corrected chi connectivity index (χ0v) is 11.0. The SMILES string of the molecule is O=C(O)C1C(Cl)C(Cl)C(Cl)CC1(C(=O)O)C(=O)O. The average Bonchev–Trinajstić information content (AvgIpc) is 2.23. The van der Waals surface area contributed by atoms with Crippen molar-refractivity contribution >= 4 is 52.7 Å². The summed E-state index contributed by atoms with van der Waals surface area (Å²) in [7, 11) is 0. The molecule has 3 N–H and O–H groups in total. The summed E-state index contributed by atoms with van der Waals surface area (Å²) in [5, 5.41) is 23.8. The standard InChI is InChI=1S/C9H9Cl3O6/c10-2-1-9(7(15)16,8(17)18)3(6(13)14)5(12)4(2)11/h2-5H,1H2,(H,13,14)(H,15,16)(H,17,18). The largest absolute Gasteiger partial charge is 0.481 e. The molecule has 18 heavy (non-hydrogen) atoms. The summed E-state index contributed by atoms with van der Waals surface area (Å²) in [6, 6.07) is 0. The number of carboxylic acids is 3. The van der Waals surface area contributed by atoms with Crippen LogP contribution < -0.4 is 0 Å². The molecule has 1 fully saturated rings. The Hall–Kier alpha value is -0.720. The number of carbonyl (C=O) groups is 3. The highest BCUT2D eigenvalue weighted by Crippen LogP contribution is 2.48. The number of hydrogen-bond acceptors (Lipinski definition) is 3. The molecule has 0 bridgehead atoms. The predicted octanol–water partition coefficient (Wildman–Crippen LogP) is 1.07. The third kappa shape index (κ3) is 2.13. The number of hydrogen-bond donors (Lipinski definition) is 3. The maximum atomic E-state index is 11.2. The molecule has 1 rings (SSSR count). The van der Waals surface area contributed by atoms with Gasteiger partial charge in [0.25, 0.3) is 0 Å². The molecule has 4 atom stereocenters. The summed E-state index contributed by atoms with van der Waals surface area (Å²) in [6.45, 7) is 0. The Morgan fingerprint density at radius 3 is 1.72 bits per heavy atom. The van der Waals surface area contributed by atoms with Crippen LogP contribution in [0.1, 0.15) is 6.42 Å². The summed E-state index contributed by atoms with van der Waals surface area (Å²) in [5.74, 6) is -7.06. The summed E-state index contributed by atoms with van der Waals surface area (Å²) in [5.41, 5.74) is -2.57. The molecule has 0 aromatic heterocycles. The molecule has 0 aliphatic heterocycles. The van der Waals surface area contributed by atoms with Crippen molar-refractivity contribution in [1.29, 1.82) is 0 Å². The van der Waals surface area contributed by atoms with Crippen molar-refractivity contribution in [2.75, 3.05) is 0 Å². The van der Waals surface area contributed by atoms with E-state index in [1.54, 1.807) is 0 Å². The quantitative estimate of drug-likeness (QED) is 0.530. The molecule has 6 nitrogen and oxygen atoms in total. The van der Waals surface area contributed by atoms with Gasteiger partial charge >= 0.3 is 17.9 Å². The van der Waals surface area contributed by atoms with Gasteiger partial charge in [-0.3, -0.25) is 14.4 Å². The lowest BCUT2D eigenvalue weighted by Gasteiger charge is -2.42. The van der Waals surface area contributed by atoms with E-state index in [4.69, 9.17) is 50.1 Å². The van der Waals surface area contributed by atoms with Crippen LogP contribution in [0.2, 0.25) is 0 Å². The van der Waals surface area contributed by atoms with Crippen molar-refractivity contribution in [1.82, 2.24) is 0 Å². The Morgan fingerprint density at radius 1 is 0.944 bits per heavy atom. The van der Waals surface area contributed by atoms with Gasteiger partial charge in [0.15, 0.2) is 5.41 Å². The molecule has 0 amide bonds. The van der Waals surface area contributed by atoms with Crippen LogP contribution in [0.15, 0.2) is 0 Å². The Balaban J connectivity index is 3.40. The Morgan fingerprint density at radius 2 is 1.39 bits per heavy atom. The highest BCUT2D eigenvalue weighted by molar-refractivity contribution is 6.36. The lowest BCUT2D eigenvalue weighted by atomic mass is 9.65. The van der Waals surface area contributed by atoms with Gasteiger partial charge in [-0.2, -0.15) is 0 Å². The van der Waals surface area contributed by atoms with E-state index in [-0.39, 0.29) is 0 Å². The second kappa shape index (κ2) is 5.11. The monoisotopic (exact) mass is 318 g/mol. The zero-order valence-electron chi connectivity index (χ0n) is 8.72. The van der Waals surface area contributed by atoms with Crippen molar-refractivity contribution in [3.05, 3.63) is 0 Å². The van der Waals surface area contributed by atoms with Gasteiger partial charge in [0.1, 0.15) is 5.92 Å². The molecular formula is C9H9Cl3O6. The van der Waals surface area contributed by atoms with Gasteiger partial charge in [0.05, 0.1) is 16.1 Å². The molecular weight excluding hydrogens is 310 g/mol. The number of carboxylic acid groups (broad SMARTS) is 3. The van der Waals surface area contributed by atoms with E-state index >= 15 is 0 Å². The van der Waals surface area contributed by atoms with Crippen LogP contribution in [0, 0.1) is 11.3 Å². The van der Waals surface area contributed by atoms with Gasteiger partial charge in [-0.1, -0.05) is 0 Å². The van der Waals surface area contributed by atoms with E-state index in [1.807, 2.05) is 0 Å². The van der Waals surface area contributed by atoms with Crippen LogP contribution in [0.25, 0.3) is 0 Å². The molecule has 1 saturated carbocycles. The van der Waals surface area contributed by atoms with Crippen LogP contribution in [-0.2, 0) is 14.4 Å². The summed E-state index contributed by atoms with van der Waals surface area (Å²) < 4.78 is 0. The molecule has 9 heteroatoms. The molecule has 0 heterocycles. The first-order valence-electron chi connectivity index (χ1n) is 4.78. The van der Waals surface area contributed by atoms with Gasteiger partial charge < -0.3 is 15.3 Å². The van der Waals surface area contributed by atoms with Gasteiger partial charge in [-0.15, -0.1) is 34.8 Å². The minimum Gasteiger partial charge on any atom is -0.481 e. The van der Waals surface area contributed by atoms with Gasteiger partial charge in [-0.25, -0.2) is 0 Å². The van der Waals surface area contributed by atoms with E-state index in [9.17, 15) is 14.4 Å². The molecule has 0 radical (unpaired) electrons. The number of halogens is 3. The van der Waals surface area contributed by atoms with Crippen LogP contribution in [0.4, 0.5) is 0 Å². The summed E-state index contributed by atoms with van der Waals surface area (Å²) in [6.07, 6.45) is -0.604. The fourth-order valence-electron chi connectivity index (χ4n) is 2.08. The van der Waals surface area contributed by atoms with Crippen LogP contribution in [0.5, 0.6) is 0 Å². The van der Waals surface area contributed by atoms with E-state index in [0.717, 1.165) is 0 Å². The molecule has 0 saturated heterocycles. The predicted molar refractivity (Wildman–Crippen MR) is 62.4 cm³/mol. The normalized spacial score (nSPS) is 34.8. The zero-order chi connectivity index (χ0) is 14.2. The molecule has 1 aliphatic rings. The minimum absolute atomic E-state index is 0.604. The van der Waals surface area contributed by atoms with Crippen molar-refractivity contribution in [2.24, 2.45) is 11.3 Å². The molecule has 1 aliphatic carbocycles. The summed E-state index contributed by atoms with van der Waals surface area (Å²) >= 11 is 17.3. The van der Waals surface area contributed by atoms with Crippen molar-refractivity contribution in [3.63, 3.8) is 0 Å². The topological polar surface area (TPSA) is 112 Å². The van der Waals surface area contributed by atoms with E-state index in [0.29, 0.717) is 0 Å². The average molecular weight is 320 g/mol. The molecule has 0 aromatic rings. The molecule has 0 spiro atoms. The van der Waals surface area contributed by atoms with Crippen molar-refractivity contribution < 1.29 is 29.7 Å². The van der Waals surface area contributed by atoms with Gasteiger partial charge in [0.2, 0.25) is 0 Å². The summed E-state index contributed by atoms with van der Waals surface area (Å²) in [4.78, 5) is 33.6. The lowest BCUT2D eigenvalue weighted by molar-refractivity contribution is -0.178. The maximum absolute atomic E-state index is 11.2. The highest BCUT2D eigenvalue weighted by Gasteiger charge is 2.64. The van der Waals surface area contributed by atoms with Crippen molar-refractivity contribution in [2.45, 2.75) is 22.6 Å². The van der Waals surface area contributed by atoms with Gasteiger partial charge in [0, 0.05) is 0 Å². The Bertz CT molecular complexity index is 384. The van der Waals surface area contributed by atoms with E-state index in [2.05, 4.69) is 0 Å². The minimum atomic E-state index is -2.57. The molecule has 4 unspecified atom stereocenters. The number of aliphatic carboxylic acids is 3. The fraction of sp³-hybridized carbons (Fsp3) is 0.667. The second-order valence-corrected chi connectivity index (χ2v) is 5.58. The number of rotatable bonds is 3. The first-order valence-corrected chi connectivity index (χ1v) is 6.09. The maximum Gasteiger partial charge on any atom is 0.322 e. The third-order valence-corrected chi connectivity index (χ3v) is 4.83.